The molecule has 1 heterocycles. The molecule has 5 heteroatoms. The van der Waals surface area contributed by atoms with E-state index in [-0.39, 0.29) is 23.5 Å². The minimum absolute atomic E-state index is 0.0331. The summed E-state index contributed by atoms with van der Waals surface area (Å²) < 4.78 is 27.9. The van der Waals surface area contributed by atoms with Crippen molar-refractivity contribution in [3.8, 4) is 0 Å². The molecular weight excluding hydrogens is 358 g/mol. The molecule has 0 spiro atoms. The van der Waals surface area contributed by atoms with E-state index in [2.05, 4.69) is 0 Å². The molecule has 0 N–H and O–H groups in total. The fourth-order valence-corrected chi connectivity index (χ4v) is 6.04. The molecule has 1 saturated carbocycles. The predicted molar refractivity (Wildman–Crippen MR) is 108 cm³/mol. The first-order valence-electron chi connectivity index (χ1n) is 9.52. The van der Waals surface area contributed by atoms with Crippen molar-refractivity contribution >= 4 is 15.8 Å². The Bertz CT molecular complexity index is 930. The van der Waals surface area contributed by atoms with Crippen LogP contribution in [-0.2, 0) is 14.8 Å². The Kier molecular flexibility index (Phi) is 5.21. The van der Waals surface area contributed by atoms with E-state index < -0.39 is 10.0 Å². The molecule has 1 aliphatic heterocycles. The summed E-state index contributed by atoms with van der Waals surface area (Å²) in [5.41, 5.74) is 5.03. The van der Waals surface area contributed by atoms with Gasteiger partial charge in [0, 0.05) is 30.5 Å². The highest BCUT2D eigenvalue weighted by atomic mass is 32.2. The zero-order valence-corrected chi connectivity index (χ0v) is 17.9. The van der Waals surface area contributed by atoms with Crippen LogP contribution in [0.3, 0.4) is 0 Å². The number of hydrogen-bond acceptors (Lipinski definition) is 3. The molecule has 0 radical (unpaired) electrons. The van der Waals surface area contributed by atoms with Crippen LogP contribution in [-0.4, -0.2) is 31.6 Å². The molecular formula is C22H29NO3S. The number of allylic oxidation sites excluding steroid dienone is 3. The number of aryl methyl sites for hydroxylation is 1. The van der Waals surface area contributed by atoms with E-state index >= 15 is 0 Å². The van der Waals surface area contributed by atoms with Crippen LogP contribution >= 0.6 is 0 Å². The first-order chi connectivity index (χ1) is 12.6. The van der Waals surface area contributed by atoms with E-state index in [1.165, 1.54) is 0 Å². The Morgan fingerprint density at radius 3 is 2.11 bits per heavy atom. The molecule has 3 rings (SSSR count). The molecule has 1 aromatic carbocycles. The van der Waals surface area contributed by atoms with Crippen molar-refractivity contribution in [1.82, 2.24) is 4.31 Å². The second-order valence-electron chi connectivity index (χ2n) is 8.35. The van der Waals surface area contributed by atoms with Crippen molar-refractivity contribution in [2.24, 2.45) is 17.8 Å². The number of carbonyl (C=O) groups excluding carboxylic acids is 1. The fraction of sp³-hybridized carbons (Fsp3) is 0.500. The smallest absolute Gasteiger partial charge is 0.243 e. The number of hydrogen-bond donors (Lipinski definition) is 0. The number of Topliss-reactive ketones (excluding diaryl/α,β-unsaturated/α-hetero) is 1. The average molecular weight is 388 g/mol. The summed E-state index contributed by atoms with van der Waals surface area (Å²) in [6.45, 7) is 12.7. The van der Waals surface area contributed by atoms with Crippen molar-refractivity contribution in [3.05, 3.63) is 52.1 Å². The first kappa shape index (κ1) is 20.0. The van der Waals surface area contributed by atoms with Gasteiger partial charge in [0.15, 0.2) is 5.78 Å². The van der Waals surface area contributed by atoms with Gasteiger partial charge in [0.25, 0.3) is 0 Å². The van der Waals surface area contributed by atoms with E-state index in [0.717, 1.165) is 27.9 Å². The lowest BCUT2D eigenvalue weighted by atomic mass is 9.67. The molecule has 1 aromatic rings. The Labute approximate surface area is 163 Å². The summed E-state index contributed by atoms with van der Waals surface area (Å²) in [7, 11) is -3.56. The zero-order valence-electron chi connectivity index (χ0n) is 17.0. The Morgan fingerprint density at radius 2 is 1.59 bits per heavy atom. The molecule has 1 saturated heterocycles. The highest BCUT2D eigenvalue weighted by Gasteiger charge is 2.50. The third-order valence-electron chi connectivity index (χ3n) is 5.97. The Morgan fingerprint density at radius 1 is 1.00 bits per heavy atom. The number of benzene rings is 1. The average Bonchev–Trinajstić information content (AvgIpc) is 3.03. The second-order valence-corrected chi connectivity index (χ2v) is 10.3. The molecule has 0 amide bonds. The number of fused-ring (bicyclic) bond motifs is 1. The van der Waals surface area contributed by atoms with Gasteiger partial charge in [0.1, 0.15) is 0 Å². The summed E-state index contributed by atoms with van der Waals surface area (Å²) in [6, 6.07) is 6.99. The van der Waals surface area contributed by atoms with E-state index in [1.807, 2.05) is 53.7 Å². The number of rotatable bonds is 2. The molecule has 2 aliphatic rings. The summed E-state index contributed by atoms with van der Waals surface area (Å²) in [6.07, 6.45) is 0. The van der Waals surface area contributed by atoms with Gasteiger partial charge in [-0.15, -0.1) is 0 Å². The molecule has 0 aromatic heterocycles. The number of sulfonamides is 1. The maximum Gasteiger partial charge on any atom is 0.243 e. The monoisotopic (exact) mass is 387 g/mol. The Balaban J connectivity index is 2.03. The standard InChI is InChI=1S/C22H29NO3S/c1-13(2)20-19-12-23(27(25,26)17-9-7-15(5)8-10-17)11-18(19)16(6)22(24)21(20)14(3)4/h7-10,16,18-19H,11-12H2,1-6H3/t16-,18-,19-/m0/s1. The van der Waals surface area contributed by atoms with Crippen LogP contribution in [0, 0.1) is 24.7 Å². The number of carbonyl (C=O) groups is 1. The Hall–Kier alpha value is -1.72. The maximum atomic E-state index is 13.2. The van der Waals surface area contributed by atoms with Crippen LogP contribution in [0.15, 0.2) is 51.5 Å². The summed E-state index contributed by atoms with van der Waals surface area (Å²) >= 11 is 0. The van der Waals surface area contributed by atoms with Crippen molar-refractivity contribution < 1.29 is 13.2 Å². The van der Waals surface area contributed by atoms with E-state index in [4.69, 9.17) is 0 Å². The lowest BCUT2D eigenvalue weighted by Gasteiger charge is -2.35. The minimum Gasteiger partial charge on any atom is -0.294 e. The van der Waals surface area contributed by atoms with Crippen LogP contribution in [0.4, 0.5) is 0 Å². The minimum atomic E-state index is -3.56. The second kappa shape index (κ2) is 7.02. The SMILES string of the molecule is CC(C)=C1C(=O)[C@@H](C)[C@@H]2CN(S(=O)(=O)c3ccc(C)cc3)C[C@@H]2C1=C(C)C. The van der Waals surface area contributed by atoms with Crippen LogP contribution in [0.1, 0.15) is 40.2 Å². The summed E-state index contributed by atoms with van der Waals surface area (Å²) in [5.74, 6) is 0.0989. The van der Waals surface area contributed by atoms with Crippen LogP contribution in [0.2, 0.25) is 0 Å². The lowest BCUT2D eigenvalue weighted by Crippen LogP contribution is -2.37. The van der Waals surface area contributed by atoms with Crippen molar-refractivity contribution in [2.75, 3.05) is 13.1 Å². The molecule has 2 fully saturated rings. The van der Waals surface area contributed by atoms with Gasteiger partial charge in [-0.05, 0) is 58.2 Å². The van der Waals surface area contributed by atoms with Gasteiger partial charge < -0.3 is 0 Å². The molecule has 0 bridgehead atoms. The molecule has 3 atom stereocenters. The van der Waals surface area contributed by atoms with Gasteiger partial charge in [0.05, 0.1) is 4.90 Å². The van der Waals surface area contributed by atoms with Crippen LogP contribution in [0.5, 0.6) is 0 Å². The van der Waals surface area contributed by atoms with Crippen LogP contribution in [0.25, 0.3) is 0 Å². The topological polar surface area (TPSA) is 54.5 Å². The van der Waals surface area contributed by atoms with Crippen molar-refractivity contribution in [1.29, 1.82) is 0 Å². The first-order valence-corrected chi connectivity index (χ1v) is 11.0. The van der Waals surface area contributed by atoms with Crippen LogP contribution < -0.4 is 0 Å². The van der Waals surface area contributed by atoms with Crippen molar-refractivity contribution in [3.63, 3.8) is 0 Å². The third kappa shape index (κ3) is 3.32. The fourth-order valence-electron chi connectivity index (χ4n) is 4.54. The van der Waals surface area contributed by atoms with Crippen molar-refractivity contribution in [2.45, 2.75) is 46.4 Å². The lowest BCUT2D eigenvalue weighted by molar-refractivity contribution is -0.121. The summed E-state index contributed by atoms with van der Waals surface area (Å²) in [4.78, 5) is 13.4. The molecule has 0 unspecified atom stereocenters. The molecule has 146 valence electrons. The largest absolute Gasteiger partial charge is 0.294 e. The van der Waals surface area contributed by atoms with Gasteiger partial charge in [0.2, 0.25) is 10.0 Å². The van der Waals surface area contributed by atoms with Gasteiger partial charge in [-0.3, -0.25) is 4.79 Å². The normalized spacial score (nSPS) is 26.3. The maximum absolute atomic E-state index is 13.2. The molecule has 4 nitrogen and oxygen atoms in total. The number of nitrogens with zero attached hydrogens (tertiary/aromatic N) is 1. The highest BCUT2D eigenvalue weighted by Crippen LogP contribution is 2.47. The predicted octanol–water partition coefficient (Wildman–Crippen LogP) is 4.12. The summed E-state index contributed by atoms with van der Waals surface area (Å²) in [5, 5.41) is 0. The van der Waals surface area contributed by atoms with E-state index in [1.54, 1.807) is 16.4 Å². The zero-order chi connectivity index (χ0) is 20.1. The third-order valence-corrected chi connectivity index (χ3v) is 7.82. The van der Waals surface area contributed by atoms with Gasteiger partial charge >= 0.3 is 0 Å². The molecule has 1 aliphatic carbocycles. The van der Waals surface area contributed by atoms with Gasteiger partial charge in [-0.25, -0.2) is 8.42 Å². The van der Waals surface area contributed by atoms with Gasteiger partial charge in [-0.2, -0.15) is 4.31 Å². The quantitative estimate of drug-likeness (QED) is 0.717. The highest BCUT2D eigenvalue weighted by molar-refractivity contribution is 7.89. The molecule has 27 heavy (non-hydrogen) atoms. The number of ketones is 1. The van der Waals surface area contributed by atoms with Gasteiger partial charge in [-0.1, -0.05) is 35.8 Å². The van der Waals surface area contributed by atoms with E-state index in [0.29, 0.717) is 18.0 Å². The van der Waals surface area contributed by atoms with E-state index in [9.17, 15) is 13.2 Å².